The highest BCUT2D eigenvalue weighted by molar-refractivity contribution is 7.89. The number of carbonyl (C=O) groups excluding carboxylic acids is 2. The van der Waals surface area contributed by atoms with Gasteiger partial charge in [0, 0.05) is 46.9 Å². The predicted octanol–water partition coefficient (Wildman–Crippen LogP) is 4.62. The van der Waals surface area contributed by atoms with Crippen molar-refractivity contribution in [3.63, 3.8) is 0 Å². The van der Waals surface area contributed by atoms with E-state index in [9.17, 15) is 22.4 Å². The van der Waals surface area contributed by atoms with Crippen LogP contribution < -0.4 is 5.32 Å². The van der Waals surface area contributed by atoms with Crippen LogP contribution in [0.5, 0.6) is 0 Å². The topological polar surface area (TPSA) is 127 Å². The summed E-state index contributed by atoms with van der Waals surface area (Å²) >= 11 is 7.80. The Balaban J connectivity index is 1.38. The second kappa shape index (κ2) is 12.3. The second-order valence-electron chi connectivity index (χ2n) is 11.9. The molecule has 1 aliphatic carbocycles. The summed E-state index contributed by atoms with van der Waals surface area (Å²) in [6.07, 6.45) is 2.98. The monoisotopic (exact) mass is 652 g/mol. The van der Waals surface area contributed by atoms with E-state index in [4.69, 9.17) is 26.1 Å². The van der Waals surface area contributed by atoms with E-state index in [-0.39, 0.29) is 48.4 Å². The number of hydrogen-bond donors (Lipinski definition) is 1. The molecular weight excluding hydrogens is 619 g/mol. The van der Waals surface area contributed by atoms with Gasteiger partial charge in [-0.2, -0.15) is 0 Å². The smallest absolute Gasteiger partial charge is 0.338 e. The van der Waals surface area contributed by atoms with Gasteiger partial charge in [0.15, 0.2) is 10.8 Å². The number of methoxy groups -OCH3 is 1. The Morgan fingerprint density at radius 3 is 2.47 bits per heavy atom. The minimum atomic E-state index is -3.62. The molecule has 0 radical (unpaired) electrons. The lowest BCUT2D eigenvalue weighted by Gasteiger charge is -2.40. The lowest BCUT2D eigenvalue weighted by molar-refractivity contribution is -0.162. The number of benzene rings is 1. The number of aromatic nitrogens is 1. The zero-order chi connectivity index (χ0) is 31.1. The van der Waals surface area contributed by atoms with Gasteiger partial charge in [0.1, 0.15) is 17.5 Å². The molecule has 3 aliphatic rings. The zero-order valence-corrected chi connectivity index (χ0v) is 26.7. The van der Waals surface area contributed by atoms with Crippen molar-refractivity contribution in [2.45, 2.75) is 63.3 Å². The molecule has 1 aromatic heterocycles. The number of thiazole rings is 1. The van der Waals surface area contributed by atoms with E-state index in [2.05, 4.69) is 10.3 Å². The lowest BCUT2D eigenvalue weighted by atomic mass is 9.85. The lowest BCUT2D eigenvalue weighted by Crippen LogP contribution is -2.50. The Labute approximate surface area is 259 Å². The van der Waals surface area contributed by atoms with Crippen molar-refractivity contribution in [3.8, 4) is 0 Å². The third kappa shape index (κ3) is 6.64. The number of sulfonamides is 1. The number of piperidine rings is 1. The first-order chi connectivity index (χ1) is 20.3. The third-order valence-corrected chi connectivity index (χ3v) is 11.3. The molecule has 1 saturated carbocycles. The number of amidine groups is 1. The highest BCUT2D eigenvalue weighted by atomic mass is 35.5. The average Bonchev–Trinajstić information content (AvgIpc) is 3.45. The van der Waals surface area contributed by atoms with Gasteiger partial charge in [0.2, 0.25) is 10.0 Å². The molecule has 1 aromatic carbocycles. The molecule has 5 rings (SSSR count). The number of rotatable bonds is 7. The van der Waals surface area contributed by atoms with Gasteiger partial charge in [0.25, 0.3) is 0 Å². The third-order valence-electron chi connectivity index (χ3n) is 7.85. The van der Waals surface area contributed by atoms with Crippen LogP contribution in [0.2, 0.25) is 5.02 Å². The number of aliphatic imine (C=N–C) groups is 1. The van der Waals surface area contributed by atoms with Crippen molar-refractivity contribution in [2.24, 2.45) is 16.8 Å². The van der Waals surface area contributed by atoms with E-state index in [0.29, 0.717) is 34.9 Å². The molecule has 1 unspecified atom stereocenters. The van der Waals surface area contributed by atoms with Crippen LogP contribution in [0.3, 0.4) is 0 Å². The summed E-state index contributed by atoms with van der Waals surface area (Å²) in [6.45, 7) is 5.84. The summed E-state index contributed by atoms with van der Waals surface area (Å²) in [7, 11) is -2.35. The van der Waals surface area contributed by atoms with Crippen LogP contribution in [0.1, 0.15) is 63.1 Å². The van der Waals surface area contributed by atoms with Gasteiger partial charge in [-0.05, 0) is 58.6 Å². The molecule has 2 aliphatic heterocycles. The van der Waals surface area contributed by atoms with Crippen LogP contribution in [0.4, 0.5) is 4.39 Å². The van der Waals surface area contributed by atoms with Crippen LogP contribution in [-0.2, 0) is 29.1 Å². The highest BCUT2D eigenvalue weighted by Crippen LogP contribution is 2.42. The number of esters is 2. The van der Waals surface area contributed by atoms with Crippen molar-refractivity contribution in [2.75, 3.05) is 20.2 Å². The summed E-state index contributed by atoms with van der Waals surface area (Å²) in [5.74, 6) is -1.73. The normalized spacial score (nSPS) is 23.7. The number of nitrogens with zero attached hydrogens (tertiary/aromatic N) is 3. The number of ether oxygens (including phenoxy) is 2. The Kier molecular flexibility index (Phi) is 8.99. The fraction of sp³-hybridized carbons (Fsp3) is 0.517. The van der Waals surface area contributed by atoms with E-state index < -0.39 is 44.6 Å². The van der Waals surface area contributed by atoms with Crippen molar-refractivity contribution in [1.29, 1.82) is 0 Å². The van der Waals surface area contributed by atoms with Crippen LogP contribution in [0, 0.1) is 17.7 Å². The molecule has 2 aromatic rings. The summed E-state index contributed by atoms with van der Waals surface area (Å²) in [5.41, 5.74) is 0.597. The number of carbonyl (C=O) groups is 2. The van der Waals surface area contributed by atoms with Crippen molar-refractivity contribution >= 4 is 50.7 Å². The summed E-state index contributed by atoms with van der Waals surface area (Å²) in [5, 5.41) is 5.17. The first-order valence-electron chi connectivity index (χ1n) is 14.0. The Morgan fingerprint density at radius 1 is 1.19 bits per heavy atom. The molecule has 43 heavy (non-hydrogen) atoms. The molecule has 0 bridgehead atoms. The van der Waals surface area contributed by atoms with Crippen molar-refractivity contribution < 1.29 is 31.9 Å². The van der Waals surface area contributed by atoms with Gasteiger partial charge in [-0.15, -0.1) is 11.3 Å². The molecule has 2 fully saturated rings. The Morgan fingerprint density at radius 2 is 1.88 bits per heavy atom. The molecule has 10 nitrogen and oxygen atoms in total. The molecule has 0 spiro atoms. The molecule has 1 atom stereocenters. The summed E-state index contributed by atoms with van der Waals surface area (Å²) in [6, 6.07) is 3.03. The summed E-state index contributed by atoms with van der Waals surface area (Å²) < 4.78 is 52.9. The van der Waals surface area contributed by atoms with E-state index in [0.717, 1.165) is 0 Å². The minimum Gasteiger partial charge on any atom is -0.466 e. The van der Waals surface area contributed by atoms with Gasteiger partial charge in [-0.25, -0.2) is 26.9 Å². The molecule has 232 valence electrons. The first kappa shape index (κ1) is 31.6. The quantitative estimate of drug-likeness (QED) is 0.430. The SMILES string of the molecule is COC(=O)C1=C(C2CCN(S(=O)(=O)C3CC(C(=O)OC(C)(C)C)C3)CC2)NC(c2nccs2)=NC1c1ccc(F)cc1Cl. The maximum absolute atomic E-state index is 13.9. The standard InChI is InChI=1S/C29H34ClFN4O6S2/c1-29(2,3)41-27(36)17-13-19(14-17)43(38,39)35-10-7-16(8-11-35)23-22(28(37)40-4)24(20-6-5-18(31)15-21(20)30)34-25(33-23)26-32-9-12-42-26/h5-6,9,12,15-17,19,24H,7-8,10-11,13-14H2,1-4H3,(H,33,34). The number of hydrogen-bond acceptors (Lipinski definition) is 10. The zero-order valence-electron chi connectivity index (χ0n) is 24.3. The van der Waals surface area contributed by atoms with Gasteiger partial charge < -0.3 is 14.8 Å². The van der Waals surface area contributed by atoms with E-state index in [1.807, 2.05) is 0 Å². The number of halogens is 2. The molecule has 0 amide bonds. The van der Waals surface area contributed by atoms with Crippen LogP contribution >= 0.6 is 22.9 Å². The first-order valence-corrected chi connectivity index (χ1v) is 16.8. The maximum Gasteiger partial charge on any atom is 0.338 e. The molecule has 14 heteroatoms. The van der Waals surface area contributed by atoms with E-state index in [1.54, 1.807) is 32.3 Å². The minimum absolute atomic E-state index is 0.112. The van der Waals surface area contributed by atoms with Gasteiger partial charge in [0.05, 0.1) is 23.9 Å². The van der Waals surface area contributed by atoms with Crippen LogP contribution in [0.15, 0.2) is 46.0 Å². The fourth-order valence-corrected chi connectivity index (χ4v) is 8.57. The molecule has 1 N–H and O–H groups in total. The summed E-state index contributed by atoms with van der Waals surface area (Å²) in [4.78, 5) is 34.7. The number of nitrogens with one attached hydrogen (secondary N) is 1. The maximum atomic E-state index is 13.9. The van der Waals surface area contributed by atoms with Crippen LogP contribution in [-0.4, -0.2) is 66.5 Å². The van der Waals surface area contributed by atoms with Gasteiger partial charge >= 0.3 is 11.9 Å². The van der Waals surface area contributed by atoms with Crippen LogP contribution in [0.25, 0.3) is 0 Å². The molecule has 3 heterocycles. The molecular formula is C29H34ClFN4O6S2. The predicted molar refractivity (Wildman–Crippen MR) is 161 cm³/mol. The largest absolute Gasteiger partial charge is 0.466 e. The van der Waals surface area contributed by atoms with E-state index in [1.165, 1.54) is 41.0 Å². The second-order valence-corrected chi connectivity index (χ2v) is 15.4. The van der Waals surface area contributed by atoms with Crippen molar-refractivity contribution in [3.05, 3.63) is 62.5 Å². The highest BCUT2D eigenvalue weighted by Gasteiger charge is 2.47. The fourth-order valence-electron chi connectivity index (χ4n) is 5.62. The number of allylic oxidation sites excluding steroid dienone is 1. The molecule has 1 saturated heterocycles. The van der Waals surface area contributed by atoms with Gasteiger partial charge in [-0.3, -0.25) is 9.79 Å². The van der Waals surface area contributed by atoms with Crippen molar-refractivity contribution in [1.82, 2.24) is 14.6 Å². The Hall–Kier alpha value is -2.87. The average molecular weight is 653 g/mol. The van der Waals surface area contributed by atoms with Gasteiger partial charge in [-0.1, -0.05) is 17.7 Å². The van der Waals surface area contributed by atoms with E-state index >= 15 is 0 Å². The Bertz CT molecular complexity index is 1560.